The lowest BCUT2D eigenvalue weighted by Gasteiger charge is -2.16. The lowest BCUT2D eigenvalue weighted by atomic mass is 10.2. The number of ether oxygens (including phenoxy) is 1. The number of hydrogen-bond donors (Lipinski definition) is 2. The molecule has 1 heterocycles. The van der Waals surface area contributed by atoms with Crippen molar-refractivity contribution in [2.24, 2.45) is 0 Å². The molecule has 4 aromatic rings. The maximum Gasteiger partial charge on any atom is 0.261 e. The van der Waals surface area contributed by atoms with E-state index in [1.54, 1.807) is 11.3 Å². The second-order valence-electron chi connectivity index (χ2n) is 6.67. The van der Waals surface area contributed by atoms with Gasteiger partial charge >= 0.3 is 0 Å². The smallest absolute Gasteiger partial charge is 0.261 e. The highest BCUT2D eigenvalue weighted by atomic mass is 79.9. The van der Waals surface area contributed by atoms with Crippen LogP contribution in [0.15, 0.2) is 57.5 Å². The van der Waals surface area contributed by atoms with E-state index in [9.17, 15) is 4.79 Å². The summed E-state index contributed by atoms with van der Waals surface area (Å²) in [5.41, 5.74) is 2.55. The van der Waals surface area contributed by atoms with Crippen LogP contribution in [0.5, 0.6) is 5.75 Å². The van der Waals surface area contributed by atoms with Crippen LogP contribution in [0, 0.1) is 0 Å². The number of aromatic nitrogens is 1. The molecule has 168 valence electrons. The van der Waals surface area contributed by atoms with Gasteiger partial charge in [0.25, 0.3) is 5.91 Å². The maximum atomic E-state index is 12.9. The molecule has 1 amide bonds. The summed E-state index contributed by atoms with van der Waals surface area (Å²) in [5.74, 6) is -0.301. The van der Waals surface area contributed by atoms with E-state index in [0.29, 0.717) is 10.7 Å². The highest BCUT2D eigenvalue weighted by Crippen LogP contribution is 2.40. The van der Waals surface area contributed by atoms with Gasteiger partial charge in [-0.1, -0.05) is 51.3 Å². The summed E-state index contributed by atoms with van der Waals surface area (Å²) in [6, 6.07) is 14.7. The summed E-state index contributed by atoms with van der Waals surface area (Å²) in [6.07, 6.45) is 0. The van der Waals surface area contributed by atoms with E-state index < -0.39 is 5.91 Å². The molecule has 0 radical (unpaired) electrons. The minimum absolute atomic E-state index is 0.0866. The van der Waals surface area contributed by atoms with Crippen LogP contribution in [0.1, 0.15) is 10.4 Å². The molecular weight excluding hydrogens is 633 g/mol. The summed E-state index contributed by atoms with van der Waals surface area (Å²) in [7, 11) is 1.42. The Morgan fingerprint density at radius 3 is 2.64 bits per heavy atom. The minimum Gasteiger partial charge on any atom is -0.494 e. The summed E-state index contributed by atoms with van der Waals surface area (Å²) in [4.78, 5) is 17.6. The number of benzene rings is 3. The number of carbonyl (C=O) groups excluding carboxylic acids is 1. The van der Waals surface area contributed by atoms with Gasteiger partial charge in [-0.15, -0.1) is 11.3 Å². The SMILES string of the molecule is COc1c(Cl)cc(Cl)cc1C(=O)NC(=S)Nc1c(Br)cc(Br)cc1-c1nc2ccccc2s1. The van der Waals surface area contributed by atoms with Crippen molar-refractivity contribution in [1.29, 1.82) is 0 Å². The van der Waals surface area contributed by atoms with Gasteiger partial charge in [0.15, 0.2) is 5.11 Å². The fourth-order valence-corrected chi connectivity index (χ4v) is 6.19. The van der Waals surface area contributed by atoms with Crippen molar-refractivity contribution in [3.05, 3.63) is 73.1 Å². The zero-order valence-electron chi connectivity index (χ0n) is 16.7. The number of halogens is 4. The number of rotatable bonds is 4. The third kappa shape index (κ3) is 5.34. The third-order valence-corrected chi connectivity index (χ3v) is 7.36. The van der Waals surface area contributed by atoms with Gasteiger partial charge in [-0.05, 0) is 64.5 Å². The molecule has 5 nitrogen and oxygen atoms in total. The van der Waals surface area contributed by atoms with Crippen molar-refractivity contribution in [2.75, 3.05) is 12.4 Å². The number of thiazole rings is 1. The fourth-order valence-electron chi connectivity index (χ4n) is 3.11. The van der Waals surface area contributed by atoms with E-state index in [1.165, 1.54) is 19.2 Å². The van der Waals surface area contributed by atoms with Gasteiger partial charge in [0.1, 0.15) is 10.8 Å². The molecule has 2 N–H and O–H groups in total. The van der Waals surface area contributed by atoms with Gasteiger partial charge in [-0.3, -0.25) is 10.1 Å². The Kier molecular flexibility index (Phi) is 7.57. The molecule has 0 unspecified atom stereocenters. The van der Waals surface area contributed by atoms with E-state index in [4.69, 9.17) is 45.1 Å². The van der Waals surface area contributed by atoms with E-state index in [1.807, 2.05) is 36.4 Å². The first-order valence-electron chi connectivity index (χ1n) is 9.27. The number of para-hydroxylation sites is 1. The van der Waals surface area contributed by atoms with E-state index >= 15 is 0 Å². The number of methoxy groups -OCH3 is 1. The lowest BCUT2D eigenvalue weighted by molar-refractivity contribution is 0.0975. The first kappa shape index (κ1) is 24.4. The third-order valence-electron chi connectivity index (χ3n) is 4.50. The number of fused-ring (bicyclic) bond motifs is 1. The van der Waals surface area contributed by atoms with E-state index in [2.05, 4.69) is 42.5 Å². The molecule has 0 saturated heterocycles. The Balaban J connectivity index is 1.64. The molecule has 11 heteroatoms. The summed E-state index contributed by atoms with van der Waals surface area (Å²) >= 11 is 26.3. The van der Waals surface area contributed by atoms with Gasteiger partial charge in [-0.25, -0.2) is 4.98 Å². The van der Waals surface area contributed by atoms with Gasteiger partial charge in [-0.2, -0.15) is 0 Å². The number of anilines is 1. The van der Waals surface area contributed by atoms with Crippen LogP contribution in [0.2, 0.25) is 10.0 Å². The standard InChI is InChI=1S/C22H13Br2Cl2N3O2S2/c1-31-19-13(8-11(25)9-15(19)26)20(30)29-22(32)28-18-12(6-10(23)7-14(18)24)21-27-16-4-2-3-5-17(16)33-21/h2-9H,1H3,(H2,28,29,30,32). The van der Waals surface area contributed by atoms with Gasteiger partial charge in [0.2, 0.25) is 0 Å². The number of thiocarbonyl (C=S) groups is 1. The van der Waals surface area contributed by atoms with Crippen molar-refractivity contribution in [1.82, 2.24) is 10.3 Å². The second-order valence-corrected chi connectivity index (χ2v) is 10.7. The highest BCUT2D eigenvalue weighted by molar-refractivity contribution is 9.11. The Morgan fingerprint density at radius 2 is 1.91 bits per heavy atom. The van der Waals surface area contributed by atoms with Crippen LogP contribution >= 0.6 is 78.6 Å². The van der Waals surface area contributed by atoms with Crippen LogP contribution in [-0.4, -0.2) is 23.1 Å². The van der Waals surface area contributed by atoms with Crippen LogP contribution < -0.4 is 15.4 Å². The normalized spacial score (nSPS) is 10.8. The molecule has 33 heavy (non-hydrogen) atoms. The quantitative estimate of drug-likeness (QED) is 0.221. The largest absolute Gasteiger partial charge is 0.494 e. The highest BCUT2D eigenvalue weighted by Gasteiger charge is 2.20. The molecule has 0 spiro atoms. The zero-order valence-corrected chi connectivity index (χ0v) is 23.0. The zero-order chi connectivity index (χ0) is 23.7. The number of nitrogens with one attached hydrogen (secondary N) is 2. The van der Waals surface area contributed by atoms with Crippen LogP contribution in [0.3, 0.4) is 0 Å². The van der Waals surface area contributed by atoms with Crippen molar-refractivity contribution in [3.63, 3.8) is 0 Å². The number of nitrogens with zero attached hydrogens (tertiary/aromatic N) is 1. The predicted molar refractivity (Wildman–Crippen MR) is 147 cm³/mol. The Labute approximate surface area is 225 Å². The average molecular weight is 646 g/mol. The van der Waals surface area contributed by atoms with Crippen LogP contribution in [0.4, 0.5) is 5.69 Å². The molecule has 3 aromatic carbocycles. The molecule has 0 aliphatic heterocycles. The summed E-state index contributed by atoms with van der Waals surface area (Å²) in [5, 5.41) is 7.18. The van der Waals surface area contributed by atoms with Crippen molar-refractivity contribution >= 4 is 106 Å². The van der Waals surface area contributed by atoms with Gasteiger partial charge in [0, 0.05) is 19.5 Å². The fraction of sp³-hybridized carbons (Fsp3) is 0.0455. The second kappa shape index (κ2) is 10.2. The topological polar surface area (TPSA) is 63.2 Å². The van der Waals surface area contributed by atoms with Crippen molar-refractivity contribution in [3.8, 4) is 16.3 Å². The molecule has 4 rings (SSSR count). The van der Waals surface area contributed by atoms with Crippen LogP contribution in [0.25, 0.3) is 20.8 Å². The maximum absolute atomic E-state index is 12.9. The molecule has 0 saturated carbocycles. The Bertz CT molecular complexity index is 1380. The predicted octanol–water partition coefficient (Wildman–Crippen LogP) is 7.93. The van der Waals surface area contributed by atoms with Gasteiger partial charge < -0.3 is 10.1 Å². The number of hydrogen-bond acceptors (Lipinski definition) is 5. The van der Waals surface area contributed by atoms with E-state index in [0.717, 1.165) is 29.7 Å². The first-order valence-corrected chi connectivity index (χ1v) is 12.8. The monoisotopic (exact) mass is 643 g/mol. The van der Waals surface area contributed by atoms with Crippen molar-refractivity contribution in [2.45, 2.75) is 0 Å². The first-order chi connectivity index (χ1) is 15.8. The molecule has 0 bridgehead atoms. The van der Waals surface area contributed by atoms with E-state index in [-0.39, 0.29) is 21.4 Å². The molecular formula is C22H13Br2Cl2N3O2S2. The van der Waals surface area contributed by atoms with Crippen LogP contribution in [-0.2, 0) is 0 Å². The minimum atomic E-state index is -0.511. The van der Waals surface area contributed by atoms with Crippen molar-refractivity contribution < 1.29 is 9.53 Å². The molecule has 0 fully saturated rings. The molecule has 1 aromatic heterocycles. The Morgan fingerprint density at radius 1 is 1.15 bits per heavy atom. The summed E-state index contributed by atoms with van der Waals surface area (Å²) in [6.45, 7) is 0. The number of amides is 1. The lowest BCUT2D eigenvalue weighted by Crippen LogP contribution is -2.34. The summed E-state index contributed by atoms with van der Waals surface area (Å²) < 4.78 is 7.93. The molecule has 0 atom stereocenters. The Hall–Kier alpha value is -1.75. The average Bonchev–Trinajstić information content (AvgIpc) is 3.19. The molecule has 0 aliphatic carbocycles. The number of carbonyl (C=O) groups is 1. The molecule has 0 aliphatic rings. The van der Waals surface area contributed by atoms with Gasteiger partial charge in [0.05, 0.1) is 33.6 Å².